The van der Waals surface area contributed by atoms with Crippen molar-refractivity contribution in [3.05, 3.63) is 12.2 Å². The molecule has 2 bridgehead atoms. The molecule has 66 valence electrons. The molecule has 0 aromatic carbocycles. The number of hydrogen-bond acceptors (Lipinski definition) is 2. The maximum atomic E-state index is 11.2. The Morgan fingerprint density at radius 2 is 2.33 bits per heavy atom. The van der Waals surface area contributed by atoms with Crippen LogP contribution in [0.25, 0.3) is 0 Å². The van der Waals surface area contributed by atoms with E-state index in [-0.39, 0.29) is 11.9 Å². The largest absolute Gasteiger partial charge is 0.285 e. The van der Waals surface area contributed by atoms with Crippen LogP contribution in [0, 0.1) is 11.8 Å². The van der Waals surface area contributed by atoms with Gasteiger partial charge in [0, 0.05) is 6.42 Å². The SMILES string of the molecule is C=C1[C@H]2CC(=O)N(O)[C@@H]1C[C@H]2C. The Morgan fingerprint density at radius 1 is 1.67 bits per heavy atom. The predicted molar refractivity (Wildman–Crippen MR) is 43.4 cm³/mol. The summed E-state index contributed by atoms with van der Waals surface area (Å²) >= 11 is 0. The zero-order valence-corrected chi connectivity index (χ0v) is 7.16. The molecule has 3 atom stereocenters. The van der Waals surface area contributed by atoms with Gasteiger partial charge in [0.15, 0.2) is 0 Å². The van der Waals surface area contributed by atoms with Crippen molar-refractivity contribution in [1.82, 2.24) is 5.06 Å². The molecular formula is C9H13NO2. The van der Waals surface area contributed by atoms with Crippen molar-refractivity contribution in [2.75, 3.05) is 0 Å². The van der Waals surface area contributed by atoms with Gasteiger partial charge in [-0.15, -0.1) is 0 Å². The molecule has 0 unspecified atom stereocenters. The molecule has 0 aromatic heterocycles. The van der Waals surface area contributed by atoms with E-state index in [0.29, 0.717) is 18.3 Å². The highest BCUT2D eigenvalue weighted by molar-refractivity contribution is 5.78. The highest BCUT2D eigenvalue weighted by atomic mass is 16.5. The van der Waals surface area contributed by atoms with E-state index < -0.39 is 0 Å². The molecular weight excluding hydrogens is 154 g/mol. The van der Waals surface area contributed by atoms with Gasteiger partial charge in [-0.25, -0.2) is 5.06 Å². The Kier molecular flexibility index (Phi) is 1.51. The third-order valence-corrected chi connectivity index (χ3v) is 3.13. The van der Waals surface area contributed by atoms with Crippen molar-refractivity contribution in [2.45, 2.75) is 25.8 Å². The maximum absolute atomic E-state index is 11.2. The van der Waals surface area contributed by atoms with Crippen LogP contribution >= 0.6 is 0 Å². The van der Waals surface area contributed by atoms with Gasteiger partial charge in [0.25, 0.3) is 0 Å². The lowest BCUT2D eigenvalue weighted by molar-refractivity contribution is -0.174. The lowest BCUT2D eigenvalue weighted by atomic mass is 9.90. The zero-order chi connectivity index (χ0) is 8.88. The number of amides is 1. The van der Waals surface area contributed by atoms with E-state index >= 15 is 0 Å². The van der Waals surface area contributed by atoms with Crippen LogP contribution < -0.4 is 0 Å². The summed E-state index contributed by atoms with van der Waals surface area (Å²) in [4.78, 5) is 11.2. The first kappa shape index (κ1) is 7.80. The average molecular weight is 167 g/mol. The minimum absolute atomic E-state index is 0.105. The molecule has 1 saturated heterocycles. The molecule has 2 fully saturated rings. The number of rotatable bonds is 0. The molecule has 1 amide bonds. The fourth-order valence-corrected chi connectivity index (χ4v) is 2.33. The summed E-state index contributed by atoms with van der Waals surface area (Å²) in [6.07, 6.45) is 1.30. The van der Waals surface area contributed by atoms with Crippen molar-refractivity contribution in [3.8, 4) is 0 Å². The molecule has 1 heterocycles. The highest BCUT2D eigenvalue weighted by Crippen LogP contribution is 2.43. The lowest BCUT2D eigenvalue weighted by Gasteiger charge is -2.29. The van der Waals surface area contributed by atoms with Crippen molar-refractivity contribution < 1.29 is 10.0 Å². The van der Waals surface area contributed by atoms with Crippen LogP contribution in [0.2, 0.25) is 0 Å². The summed E-state index contributed by atoms with van der Waals surface area (Å²) in [6, 6.07) is -0.105. The molecule has 1 N–H and O–H groups in total. The Balaban J connectivity index is 2.31. The molecule has 2 rings (SSSR count). The number of fused-ring (bicyclic) bond motifs is 2. The first-order chi connectivity index (χ1) is 5.61. The molecule has 12 heavy (non-hydrogen) atoms. The molecule has 1 saturated carbocycles. The number of carbonyl (C=O) groups excluding carboxylic acids is 1. The third kappa shape index (κ3) is 0.829. The van der Waals surface area contributed by atoms with Crippen LogP contribution in [0.3, 0.4) is 0 Å². The van der Waals surface area contributed by atoms with Crippen molar-refractivity contribution >= 4 is 5.91 Å². The fourth-order valence-electron chi connectivity index (χ4n) is 2.33. The molecule has 3 nitrogen and oxygen atoms in total. The van der Waals surface area contributed by atoms with E-state index in [1.807, 2.05) is 0 Å². The maximum Gasteiger partial charge on any atom is 0.247 e. The Hall–Kier alpha value is -0.830. The first-order valence-corrected chi connectivity index (χ1v) is 4.31. The monoisotopic (exact) mass is 167 g/mol. The Morgan fingerprint density at radius 3 is 3.00 bits per heavy atom. The van der Waals surface area contributed by atoms with Crippen LogP contribution in [-0.2, 0) is 4.79 Å². The predicted octanol–water partition coefficient (Wildman–Crippen LogP) is 1.19. The smallest absolute Gasteiger partial charge is 0.247 e. The molecule has 0 radical (unpaired) electrons. The van der Waals surface area contributed by atoms with Crippen LogP contribution in [0.15, 0.2) is 12.2 Å². The summed E-state index contributed by atoms with van der Waals surface area (Å²) < 4.78 is 0. The fraction of sp³-hybridized carbons (Fsp3) is 0.667. The van der Waals surface area contributed by atoms with Gasteiger partial charge in [-0.05, 0) is 23.8 Å². The summed E-state index contributed by atoms with van der Waals surface area (Å²) in [7, 11) is 0. The zero-order valence-electron chi connectivity index (χ0n) is 7.16. The van der Waals surface area contributed by atoms with Crippen molar-refractivity contribution in [3.63, 3.8) is 0 Å². The molecule has 3 heteroatoms. The van der Waals surface area contributed by atoms with Gasteiger partial charge in [-0.3, -0.25) is 10.0 Å². The second-order valence-electron chi connectivity index (χ2n) is 3.85. The summed E-state index contributed by atoms with van der Waals surface area (Å²) in [5.74, 6) is 0.649. The first-order valence-electron chi connectivity index (χ1n) is 4.31. The third-order valence-electron chi connectivity index (χ3n) is 3.13. The minimum atomic E-state index is -0.151. The molecule has 2 aliphatic rings. The summed E-state index contributed by atoms with van der Waals surface area (Å²) in [5, 5.41) is 10.2. The normalized spacial score (nSPS) is 40.8. The topological polar surface area (TPSA) is 40.5 Å². The van der Waals surface area contributed by atoms with Gasteiger partial charge in [0.05, 0.1) is 6.04 Å². The van der Waals surface area contributed by atoms with E-state index in [2.05, 4.69) is 13.5 Å². The molecule has 1 aliphatic carbocycles. The van der Waals surface area contributed by atoms with Crippen molar-refractivity contribution in [1.29, 1.82) is 0 Å². The van der Waals surface area contributed by atoms with Gasteiger partial charge in [0.2, 0.25) is 5.91 Å². The van der Waals surface area contributed by atoms with Gasteiger partial charge >= 0.3 is 0 Å². The van der Waals surface area contributed by atoms with E-state index in [0.717, 1.165) is 17.1 Å². The number of hydrogen-bond donors (Lipinski definition) is 1. The van der Waals surface area contributed by atoms with Gasteiger partial charge in [-0.1, -0.05) is 13.5 Å². The van der Waals surface area contributed by atoms with Gasteiger partial charge < -0.3 is 0 Å². The van der Waals surface area contributed by atoms with E-state index in [4.69, 9.17) is 0 Å². The van der Waals surface area contributed by atoms with E-state index in [9.17, 15) is 10.0 Å². The van der Waals surface area contributed by atoms with Gasteiger partial charge in [0.1, 0.15) is 0 Å². The number of carbonyl (C=O) groups is 1. The average Bonchev–Trinajstić information content (AvgIpc) is 2.23. The number of piperidine rings is 1. The van der Waals surface area contributed by atoms with Crippen molar-refractivity contribution in [2.24, 2.45) is 11.8 Å². The van der Waals surface area contributed by atoms with Crippen LogP contribution in [0.1, 0.15) is 19.8 Å². The Bertz CT molecular complexity index is 249. The standard InChI is InChI=1S/C9H13NO2/c1-5-3-8-6(2)7(5)4-9(11)10(8)12/h5,7-8,12H,2-4H2,1H3/t5-,7+,8-/m1/s1. The lowest BCUT2D eigenvalue weighted by Crippen LogP contribution is -2.41. The van der Waals surface area contributed by atoms with E-state index in [1.165, 1.54) is 0 Å². The van der Waals surface area contributed by atoms with Crippen LogP contribution in [0.4, 0.5) is 0 Å². The van der Waals surface area contributed by atoms with Crippen LogP contribution in [-0.4, -0.2) is 22.2 Å². The van der Waals surface area contributed by atoms with Gasteiger partial charge in [-0.2, -0.15) is 0 Å². The number of hydroxylamine groups is 2. The summed E-state index contributed by atoms with van der Waals surface area (Å²) in [5.41, 5.74) is 1.03. The molecule has 1 aliphatic heterocycles. The van der Waals surface area contributed by atoms with E-state index in [1.54, 1.807) is 0 Å². The minimum Gasteiger partial charge on any atom is -0.285 e. The quantitative estimate of drug-likeness (QED) is 0.435. The molecule has 0 spiro atoms. The second-order valence-corrected chi connectivity index (χ2v) is 3.85. The number of nitrogens with zero attached hydrogens (tertiary/aromatic N) is 1. The van der Waals surface area contributed by atoms with Crippen LogP contribution in [0.5, 0.6) is 0 Å². The Labute approximate surface area is 71.6 Å². The summed E-state index contributed by atoms with van der Waals surface area (Å²) in [6.45, 7) is 6.03. The second kappa shape index (κ2) is 2.33. The highest BCUT2D eigenvalue weighted by Gasteiger charge is 2.45. The molecule has 0 aromatic rings.